The van der Waals surface area contributed by atoms with Crippen LogP contribution >= 0.6 is 0 Å². The molecule has 9 heteroatoms. The van der Waals surface area contributed by atoms with Crippen molar-refractivity contribution < 1.29 is 28.4 Å². The molecule has 1 saturated heterocycles. The van der Waals surface area contributed by atoms with E-state index in [1.807, 2.05) is 39.8 Å². The molecule has 0 N–H and O–H groups in total. The lowest BCUT2D eigenvalue weighted by molar-refractivity contribution is 0.00578. The molecule has 0 aromatic carbocycles. The standard InChI is InChI=1S/C20H25BN2O6/c1-19(2)20(3,4)29-21(28-19)14-10-12(11-7-8-11)9-13-15(17(24)26-5)16(18(25)27-6)22-23(13)14/h9-11H,7-8H2,1-6H3. The van der Waals surface area contributed by atoms with Gasteiger partial charge in [0.05, 0.1) is 36.5 Å². The van der Waals surface area contributed by atoms with Crippen molar-refractivity contribution in [2.24, 2.45) is 0 Å². The van der Waals surface area contributed by atoms with Gasteiger partial charge in [-0.1, -0.05) is 0 Å². The highest BCUT2D eigenvalue weighted by Gasteiger charge is 2.53. The van der Waals surface area contributed by atoms with Crippen molar-refractivity contribution in [2.45, 2.75) is 57.7 Å². The molecule has 0 spiro atoms. The number of carbonyl (C=O) groups is 2. The number of pyridine rings is 1. The van der Waals surface area contributed by atoms with Crippen molar-refractivity contribution in [2.75, 3.05) is 14.2 Å². The second-order valence-corrected chi connectivity index (χ2v) is 8.58. The van der Waals surface area contributed by atoms with Crippen LogP contribution in [0, 0.1) is 0 Å². The Balaban J connectivity index is 1.96. The van der Waals surface area contributed by atoms with Gasteiger partial charge in [-0.3, -0.25) is 0 Å². The van der Waals surface area contributed by atoms with Crippen molar-refractivity contribution in [1.82, 2.24) is 9.61 Å². The second-order valence-electron chi connectivity index (χ2n) is 8.58. The minimum absolute atomic E-state index is 0.0830. The summed E-state index contributed by atoms with van der Waals surface area (Å²) >= 11 is 0. The summed E-state index contributed by atoms with van der Waals surface area (Å²) in [5.74, 6) is -0.946. The van der Waals surface area contributed by atoms with Gasteiger partial charge in [-0.25, -0.2) is 14.1 Å². The van der Waals surface area contributed by atoms with E-state index < -0.39 is 30.3 Å². The van der Waals surface area contributed by atoms with Crippen LogP contribution in [0.4, 0.5) is 0 Å². The van der Waals surface area contributed by atoms with Gasteiger partial charge in [0.25, 0.3) is 0 Å². The molecule has 1 aliphatic carbocycles. The fourth-order valence-electron chi connectivity index (χ4n) is 3.52. The van der Waals surface area contributed by atoms with Crippen LogP contribution in [0.3, 0.4) is 0 Å². The fraction of sp³-hybridized carbons (Fsp3) is 0.550. The summed E-state index contributed by atoms with van der Waals surface area (Å²) in [6.07, 6.45) is 2.15. The van der Waals surface area contributed by atoms with E-state index in [2.05, 4.69) is 5.10 Å². The zero-order chi connectivity index (χ0) is 21.1. The second kappa shape index (κ2) is 6.57. The van der Waals surface area contributed by atoms with Gasteiger partial charge in [-0.05, 0) is 64.2 Å². The summed E-state index contributed by atoms with van der Waals surface area (Å²) in [6.45, 7) is 7.88. The van der Waals surface area contributed by atoms with Gasteiger partial charge in [0, 0.05) is 0 Å². The maximum atomic E-state index is 12.5. The van der Waals surface area contributed by atoms with E-state index in [0.717, 1.165) is 18.4 Å². The first-order valence-electron chi connectivity index (χ1n) is 9.68. The molecule has 0 radical (unpaired) electrons. The number of aromatic nitrogens is 2. The Hall–Kier alpha value is -2.39. The molecule has 2 aliphatic rings. The van der Waals surface area contributed by atoms with Gasteiger partial charge in [0.15, 0.2) is 5.69 Å². The summed E-state index contributed by atoms with van der Waals surface area (Å²) in [5, 5.41) is 4.39. The van der Waals surface area contributed by atoms with Crippen LogP contribution in [-0.2, 0) is 18.8 Å². The Morgan fingerprint density at radius 3 is 2.17 bits per heavy atom. The summed E-state index contributed by atoms with van der Waals surface area (Å²) in [7, 11) is 1.82. The van der Waals surface area contributed by atoms with Crippen LogP contribution in [0.5, 0.6) is 0 Å². The van der Waals surface area contributed by atoms with Gasteiger partial charge < -0.3 is 18.8 Å². The van der Waals surface area contributed by atoms with Crippen molar-refractivity contribution in [1.29, 1.82) is 0 Å². The predicted octanol–water partition coefficient (Wildman–Crippen LogP) is 2.08. The molecule has 1 aliphatic heterocycles. The quantitative estimate of drug-likeness (QED) is 0.574. The number of hydrogen-bond acceptors (Lipinski definition) is 7. The van der Waals surface area contributed by atoms with E-state index in [4.69, 9.17) is 18.8 Å². The Morgan fingerprint density at radius 1 is 1.07 bits per heavy atom. The number of nitrogens with zero attached hydrogens (tertiary/aromatic N) is 2. The van der Waals surface area contributed by atoms with Gasteiger partial charge in [-0.15, -0.1) is 0 Å². The average Bonchev–Trinajstić information content (AvgIpc) is 3.40. The Kier molecular flexibility index (Phi) is 4.51. The largest absolute Gasteiger partial charge is 0.514 e. The molecular weight excluding hydrogens is 375 g/mol. The van der Waals surface area contributed by atoms with Crippen LogP contribution < -0.4 is 5.59 Å². The number of hydrogen-bond donors (Lipinski definition) is 0. The van der Waals surface area contributed by atoms with Crippen molar-refractivity contribution >= 4 is 30.2 Å². The highest BCUT2D eigenvalue weighted by Crippen LogP contribution is 2.41. The first kappa shape index (κ1) is 19.9. The first-order valence-corrected chi connectivity index (χ1v) is 9.68. The molecule has 0 amide bonds. The molecule has 0 bridgehead atoms. The SMILES string of the molecule is COC(=O)c1nn2c(B3OC(C)(C)C(C)(C)O3)cc(C3CC3)cc2c1C(=O)OC. The Morgan fingerprint density at radius 2 is 1.66 bits per heavy atom. The summed E-state index contributed by atoms with van der Waals surface area (Å²) < 4.78 is 23.7. The summed E-state index contributed by atoms with van der Waals surface area (Å²) in [4.78, 5) is 24.8. The van der Waals surface area contributed by atoms with E-state index in [1.54, 1.807) is 0 Å². The van der Waals surface area contributed by atoms with Gasteiger partial charge in [-0.2, -0.15) is 5.10 Å². The molecule has 0 atom stereocenters. The molecule has 154 valence electrons. The van der Waals surface area contributed by atoms with E-state index in [-0.39, 0.29) is 11.3 Å². The van der Waals surface area contributed by atoms with Crippen molar-refractivity contribution in [3.63, 3.8) is 0 Å². The molecule has 2 aromatic heterocycles. The van der Waals surface area contributed by atoms with Crippen LogP contribution in [0.2, 0.25) is 0 Å². The molecular formula is C20H25BN2O6. The molecule has 2 fully saturated rings. The lowest BCUT2D eigenvalue weighted by Crippen LogP contribution is -2.41. The minimum atomic E-state index is -0.707. The van der Waals surface area contributed by atoms with Crippen molar-refractivity contribution in [3.8, 4) is 0 Å². The third kappa shape index (κ3) is 3.12. The number of rotatable bonds is 4. The van der Waals surface area contributed by atoms with Crippen LogP contribution in [-0.4, -0.2) is 54.1 Å². The lowest BCUT2D eigenvalue weighted by atomic mass is 9.82. The maximum Gasteiger partial charge on any atom is 0.514 e. The Labute approximate surface area is 169 Å². The summed E-state index contributed by atoms with van der Waals surface area (Å²) in [6, 6.07) is 3.88. The predicted molar refractivity (Wildman–Crippen MR) is 106 cm³/mol. The highest BCUT2D eigenvalue weighted by atomic mass is 16.7. The zero-order valence-corrected chi connectivity index (χ0v) is 17.6. The smallest absolute Gasteiger partial charge is 0.465 e. The van der Waals surface area contributed by atoms with Gasteiger partial charge in [0.1, 0.15) is 5.56 Å². The van der Waals surface area contributed by atoms with Crippen LogP contribution in [0.1, 0.15) is 72.9 Å². The summed E-state index contributed by atoms with van der Waals surface area (Å²) in [5.41, 5.74) is 1.08. The maximum absolute atomic E-state index is 12.5. The van der Waals surface area contributed by atoms with Crippen molar-refractivity contribution in [3.05, 3.63) is 29.0 Å². The molecule has 8 nitrogen and oxygen atoms in total. The lowest BCUT2D eigenvalue weighted by Gasteiger charge is -2.32. The van der Waals surface area contributed by atoms with E-state index >= 15 is 0 Å². The molecule has 0 unspecified atom stereocenters. The van der Waals surface area contributed by atoms with Gasteiger partial charge in [0.2, 0.25) is 0 Å². The number of carbonyl (C=O) groups excluding carboxylic acids is 2. The number of methoxy groups -OCH3 is 2. The fourth-order valence-corrected chi connectivity index (χ4v) is 3.52. The third-order valence-electron chi connectivity index (χ3n) is 6.10. The third-order valence-corrected chi connectivity index (χ3v) is 6.10. The monoisotopic (exact) mass is 400 g/mol. The minimum Gasteiger partial charge on any atom is -0.465 e. The average molecular weight is 400 g/mol. The van der Waals surface area contributed by atoms with E-state index in [0.29, 0.717) is 17.0 Å². The zero-order valence-electron chi connectivity index (χ0n) is 17.6. The number of ether oxygens (including phenoxy) is 2. The highest BCUT2D eigenvalue weighted by molar-refractivity contribution is 6.61. The van der Waals surface area contributed by atoms with E-state index in [1.165, 1.54) is 18.7 Å². The van der Waals surface area contributed by atoms with Gasteiger partial charge >= 0.3 is 19.1 Å². The topological polar surface area (TPSA) is 88.4 Å². The van der Waals surface area contributed by atoms with Crippen LogP contribution in [0.25, 0.3) is 5.52 Å². The molecule has 2 aromatic rings. The normalized spacial score (nSPS) is 20.1. The van der Waals surface area contributed by atoms with Crippen LogP contribution in [0.15, 0.2) is 12.1 Å². The molecule has 3 heterocycles. The Bertz CT molecular complexity index is 992. The molecule has 4 rings (SSSR count). The molecule has 1 saturated carbocycles. The molecule has 29 heavy (non-hydrogen) atoms. The van der Waals surface area contributed by atoms with E-state index in [9.17, 15) is 9.59 Å². The number of esters is 2. The first-order chi connectivity index (χ1) is 13.6. The number of fused-ring (bicyclic) bond motifs is 1.